The number of hydrogen-bond donors (Lipinski definition) is 2. The van der Waals surface area contributed by atoms with Crippen LogP contribution in [0.25, 0.3) is 0 Å². The molecule has 2 amide bonds. The van der Waals surface area contributed by atoms with Gasteiger partial charge in [0.25, 0.3) is 5.56 Å². The van der Waals surface area contributed by atoms with Crippen LogP contribution in [0.1, 0.15) is 24.5 Å². The van der Waals surface area contributed by atoms with E-state index >= 15 is 0 Å². The van der Waals surface area contributed by atoms with Gasteiger partial charge in [0.15, 0.2) is 0 Å². The maximum Gasteiger partial charge on any atom is 0.326 e. The van der Waals surface area contributed by atoms with Crippen LogP contribution >= 0.6 is 11.8 Å². The van der Waals surface area contributed by atoms with Gasteiger partial charge in [-0.05, 0) is 36.8 Å². The molecule has 0 radical (unpaired) electrons. The van der Waals surface area contributed by atoms with Crippen molar-refractivity contribution in [1.82, 2.24) is 14.8 Å². The number of carboxylic acids is 1. The van der Waals surface area contributed by atoms with Crippen molar-refractivity contribution >= 4 is 23.8 Å². The summed E-state index contributed by atoms with van der Waals surface area (Å²) >= 11 is 1.56. The Morgan fingerprint density at radius 2 is 2.16 bits per heavy atom. The number of pyridine rings is 1. The quantitative estimate of drug-likeness (QED) is 0.818. The van der Waals surface area contributed by atoms with E-state index in [1.54, 1.807) is 28.8 Å². The van der Waals surface area contributed by atoms with Crippen LogP contribution in [-0.2, 0) is 11.3 Å². The van der Waals surface area contributed by atoms with Gasteiger partial charge >= 0.3 is 12.0 Å². The van der Waals surface area contributed by atoms with E-state index in [1.807, 2.05) is 16.9 Å². The third kappa shape index (κ3) is 3.84. The number of aromatic nitrogens is 1. The van der Waals surface area contributed by atoms with Crippen LogP contribution in [0.5, 0.6) is 0 Å². The van der Waals surface area contributed by atoms with E-state index in [0.717, 1.165) is 12.1 Å². The highest BCUT2D eigenvalue weighted by Crippen LogP contribution is 2.34. The number of urea groups is 1. The van der Waals surface area contributed by atoms with Gasteiger partial charge in [-0.25, -0.2) is 9.59 Å². The fourth-order valence-electron chi connectivity index (χ4n) is 3.80. The molecule has 0 spiro atoms. The van der Waals surface area contributed by atoms with E-state index in [0.29, 0.717) is 31.8 Å². The number of thioether (sulfide) groups is 1. The van der Waals surface area contributed by atoms with Gasteiger partial charge < -0.3 is 19.9 Å². The zero-order valence-electron chi connectivity index (χ0n) is 14.2. The second-order valence-corrected chi connectivity index (χ2v) is 7.71. The average molecular weight is 365 g/mol. The molecule has 7 nitrogen and oxygen atoms in total. The first-order chi connectivity index (χ1) is 12.0. The average Bonchev–Trinajstić information content (AvgIpc) is 2.59. The highest BCUT2D eigenvalue weighted by molar-refractivity contribution is 7.98. The molecule has 136 valence electrons. The van der Waals surface area contributed by atoms with Crippen molar-refractivity contribution in [3.8, 4) is 0 Å². The molecule has 25 heavy (non-hydrogen) atoms. The topological polar surface area (TPSA) is 91.6 Å². The lowest BCUT2D eigenvalue weighted by molar-refractivity contribution is -0.139. The van der Waals surface area contributed by atoms with Gasteiger partial charge in [-0.15, -0.1) is 0 Å². The van der Waals surface area contributed by atoms with E-state index in [4.69, 9.17) is 0 Å². The monoisotopic (exact) mass is 365 g/mol. The maximum atomic E-state index is 12.6. The fraction of sp³-hybridized carbons (Fsp3) is 0.588. The standard InChI is InChI=1S/C17H23N3O4S/c1-25-6-5-13(16(22)23)18-17(24)19-8-11-7-12(10-19)14-3-2-4-15(21)20(14)9-11/h2-4,11-13H,5-10H2,1H3,(H,18,24)(H,22,23)/t11-,12+,13-/m1/s1. The number of piperidine rings is 1. The largest absolute Gasteiger partial charge is 0.480 e. The first-order valence-electron chi connectivity index (χ1n) is 8.46. The van der Waals surface area contributed by atoms with Gasteiger partial charge in [0.2, 0.25) is 0 Å². The highest BCUT2D eigenvalue weighted by Gasteiger charge is 2.37. The molecule has 0 saturated carbocycles. The fourth-order valence-corrected chi connectivity index (χ4v) is 4.27. The summed E-state index contributed by atoms with van der Waals surface area (Å²) in [5.41, 5.74) is 0.978. The number of carboxylic acid groups (broad SMARTS) is 1. The summed E-state index contributed by atoms with van der Waals surface area (Å²) in [6, 6.07) is 4.09. The molecule has 3 atom stereocenters. The summed E-state index contributed by atoms with van der Waals surface area (Å²) in [6.07, 6.45) is 3.27. The van der Waals surface area contributed by atoms with Crippen molar-refractivity contribution in [2.45, 2.75) is 31.3 Å². The molecule has 3 rings (SSSR count). The van der Waals surface area contributed by atoms with Crippen molar-refractivity contribution in [3.05, 3.63) is 34.2 Å². The number of aliphatic carboxylic acids is 1. The molecule has 8 heteroatoms. The minimum absolute atomic E-state index is 0.00751. The molecule has 1 aromatic rings. The van der Waals surface area contributed by atoms with Gasteiger partial charge in [-0.3, -0.25) is 4.79 Å². The molecule has 1 saturated heterocycles. The summed E-state index contributed by atoms with van der Waals surface area (Å²) < 4.78 is 1.81. The van der Waals surface area contributed by atoms with E-state index in [-0.39, 0.29) is 23.4 Å². The third-order valence-electron chi connectivity index (χ3n) is 4.97. The number of carbonyl (C=O) groups is 2. The molecule has 2 bridgehead atoms. The minimum Gasteiger partial charge on any atom is -0.480 e. The van der Waals surface area contributed by atoms with Crippen LogP contribution in [0, 0.1) is 5.92 Å². The van der Waals surface area contributed by atoms with Gasteiger partial charge in [-0.1, -0.05) is 6.07 Å². The third-order valence-corrected chi connectivity index (χ3v) is 5.62. The van der Waals surface area contributed by atoms with Crippen LogP contribution in [0.2, 0.25) is 0 Å². The molecule has 2 N–H and O–H groups in total. The number of rotatable bonds is 5. The van der Waals surface area contributed by atoms with Crippen LogP contribution < -0.4 is 10.9 Å². The van der Waals surface area contributed by atoms with Crippen molar-refractivity contribution in [1.29, 1.82) is 0 Å². The summed E-state index contributed by atoms with van der Waals surface area (Å²) in [7, 11) is 0. The van der Waals surface area contributed by atoms with Crippen molar-refractivity contribution in [3.63, 3.8) is 0 Å². The lowest BCUT2D eigenvalue weighted by atomic mass is 9.83. The predicted octanol–water partition coefficient (Wildman–Crippen LogP) is 1.18. The molecule has 0 unspecified atom stereocenters. The van der Waals surface area contributed by atoms with E-state index < -0.39 is 12.0 Å². The normalized spacial score (nSPS) is 22.8. The van der Waals surface area contributed by atoms with E-state index in [1.165, 1.54) is 0 Å². The number of amides is 2. The second kappa shape index (κ2) is 7.51. The molecule has 0 aliphatic carbocycles. The van der Waals surface area contributed by atoms with Gasteiger partial charge in [0, 0.05) is 37.3 Å². The number of fused-ring (bicyclic) bond motifs is 4. The number of carbonyl (C=O) groups excluding carboxylic acids is 1. The molecular weight excluding hydrogens is 342 g/mol. The summed E-state index contributed by atoms with van der Waals surface area (Å²) in [6.45, 7) is 1.68. The Bertz CT molecular complexity index is 720. The zero-order chi connectivity index (χ0) is 18.0. The maximum absolute atomic E-state index is 12.6. The van der Waals surface area contributed by atoms with Crippen LogP contribution in [0.15, 0.2) is 23.0 Å². The van der Waals surface area contributed by atoms with E-state index in [9.17, 15) is 19.5 Å². The lowest BCUT2D eigenvalue weighted by Gasteiger charge is -2.42. The van der Waals surface area contributed by atoms with E-state index in [2.05, 4.69) is 5.32 Å². The van der Waals surface area contributed by atoms with Gasteiger partial charge in [-0.2, -0.15) is 11.8 Å². The summed E-state index contributed by atoms with van der Waals surface area (Å²) in [4.78, 5) is 37.6. The summed E-state index contributed by atoms with van der Waals surface area (Å²) in [5.74, 6) is 0.0309. The van der Waals surface area contributed by atoms with Crippen molar-refractivity contribution < 1.29 is 14.7 Å². The Balaban J connectivity index is 1.70. The van der Waals surface area contributed by atoms with Crippen LogP contribution in [0.3, 0.4) is 0 Å². The van der Waals surface area contributed by atoms with Gasteiger partial charge in [0.1, 0.15) is 6.04 Å². The SMILES string of the molecule is CSCC[C@@H](NC(=O)N1C[C@H]2C[C@@H](C1)c1cccc(=O)n1C2)C(=O)O. The Kier molecular flexibility index (Phi) is 5.36. The van der Waals surface area contributed by atoms with Crippen molar-refractivity contribution in [2.24, 2.45) is 5.92 Å². The zero-order valence-corrected chi connectivity index (χ0v) is 15.0. The molecule has 2 aliphatic rings. The predicted molar refractivity (Wildman–Crippen MR) is 96.1 cm³/mol. The molecule has 0 aromatic carbocycles. The number of nitrogens with zero attached hydrogens (tertiary/aromatic N) is 2. The molecule has 3 heterocycles. The van der Waals surface area contributed by atoms with Crippen LogP contribution in [-0.4, -0.2) is 57.7 Å². The smallest absolute Gasteiger partial charge is 0.326 e. The first kappa shape index (κ1) is 17.8. The first-order valence-corrected chi connectivity index (χ1v) is 9.86. The lowest BCUT2D eigenvalue weighted by Crippen LogP contribution is -2.54. The Labute approximate surface area is 150 Å². The molecule has 1 fully saturated rings. The molecule has 1 aromatic heterocycles. The van der Waals surface area contributed by atoms with Crippen LogP contribution in [0.4, 0.5) is 4.79 Å². The molecular formula is C17H23N3O4S. The molecule has 2 aliphatic heterocycles. The Morgan fingerprint density at radius 3 is 2.88 bits per heavy atom. The number of likely N-dealkylation sites (tertiary alicyclic amines) is 1. The van der Waals surface area contributed by atoms with Gasteiger partial charge in [0.05, 0.1) is 0 Å². The second-order valence-electron chi connectivity index (χ2n) is 6.72. The number of nitrogens with one attached hydrogen (secondary N) is 1. The summed E-state index contributed by atoms with van der Waals surface area (Å²) in [5, 5.41) is 11.9. The van der Waals surface area contributed by atoms with Crippen molar-refractivity contribution in [2.75, 3.05) is 25.1 Å². The minimum atomic E-state index is -1.00. The highest BCUT2D eigenvalue weighted by atomic mass is 32.2. The Hall–Kier alpha value is -1.96. The number of hydrogen-bond acceptors (Lipinski definition) is 4. The Morgan fingerprint density at radius 1 is 1.36 bits per heavy atom.